The summed E-state index contributed by atoms with van der Waals surface area (Å²) in [7, 11) is 0. The van der Waals surface area contributed by atoms with Crippen LogP contribution in [-0.2, 0) is 14.4 Å². The standard InChI is InChI=1S/C23H43NO5/c1-5-9-10-11-12-13-14-15-16-17-20(25)24(8-4)23(7-3,22(28)29)19(6-2)18-21(26)27/h19H,5-18H2,1-4H3,(H,26,27)(H,28,29)/t19?,23-/m0/s1. The van der Waals surface area contributed by atoms with Crippen LogP contribution in [0.5, 0.6) is 0 Å². The molecule has 2 N–H and O–H groups in total. The van der Waals surface area contributed by atoms with Crippen LogP contribution in [0.2, 0.25) is 0 Å². The molecule has 0 fully saturated rings. The molecule has 0 saturated carbocycles. The Hall–Kier alpha value is -1.59. The number of aliphatic carboxylic acids is 2. The molecule has 170 valence electrons. The molecule has 0 bridgehead atoms. The molecule has 0 radical (unpaired) electrons. The second-order valence-corrected chi connectivity index (χ2v) is 8.00. The van der Waals surface area contributed by atoms with Gasteiger partial charge in [-0.2, -0.15) is 0 Å². The lowest BCUT2D eigenvalue weighted by Crippen LogP contribution is -2.61. The number of unbranched alkanes of at least 4 members (excludes halogenated alkanes) is 8. The summed E-state index contributed by atoms with van der Waals surface area (Å²) in [4.78, 5) is 37.9. The molecular weight excluding hydrogens is 370 g/mol. The van der Waals surface area contributed by atoms with Gasteiger partial charge in [-0.15, -0.1) is 0 Å². The number of carboxylic acid groups (broad SMARTS) is 2. The fourth-order valence-electron chi connectivity index (χ4n) is 4.41. The Morgan fingerprint density at radius 3 is 1.72 bits per heavy atom. The van der Waals surface area contributed by atoms with Crippen molar-refractivity contribution >= 4 is 17.8 Å². The maximum Gasteiger partial charge on any atom is 0.329 e. The summed E-state index contributed by atoms with van der Waals surface area (Å²) in [6.07, 6.45) is 11.0. The molecule has 2 atom stereocenters. The highest BCUT2D eigenvalue weighted by molar-refractivity contribution is 5.88. The average Bonchev–Trinajstić information content (AvgIpc) is 2.68. The van der Waals surface area contributed by atoms with Crippen LogP contribution in [0.1, 0.15) is 111 Å². The highest BCUT2D eigenvalue weighted by Gasteiger charge is 2.50. The highest BCUT2D eigenvalue weighted by atomic mass is 16.4. The van der Waals surface area contributed by atoms with Gasteiger partial charge in [0.1, 0.15) is 5.54 Å². The van der Waals surface area contributed by atoms with Crippen LogP contribution in [0.4, 0.5) is 0 Å². The fraction of sp³-hybridized carbons (Fsp3) is 0.870. The van der Waals surface area contributed by atoms with E-state index in [0.717, 1.165) is 19.3 Å². The maximum absolute atomic E-state index is 12.9. The summed E-state index contributed by atoms with van der Waals surface area (Å²) in [5.74, 6) is -2.92. The summed E-state index contributed by atoms with van der Waals surface area (Å²) < 4.78 is 0. The average molecular weight is 414 g/mol. The van der Waals surface area contributed by atoms with Gasteiger partial charge >= 0.3 is 11.9 Å². The van der Waals surface area contributed by atoms with Gasteiger partial charge in [-0.05, 0) is 26.2 Å². The number of amides is 1. The number of carbonyl (C=O) groups is 3. The number of likely N-dealkylation sites (N-methyl/N-ethyl adjacent to an activating group) is 1. The van der Waals surface area contributed by atoms with Crippen LogP contribution in [0.3, 0.4) is 0 Å². The molecule has 0 saturated heterocycles. The van der Waals surface area contributed by atoms with Crippen molar-refractivity contribution in [3.8, 4) is 0 Å². The van der Waals surface area contributed by atoms with Gasteiger partial charge in [-0.3, -0.25) is 9.59 Å². The molecule has 0 aliphatic rings. The van der Waals surface area contributed by atoms with Crippen LogP contribution in [0.25, 0.3) is 0 Å². The molecule has 1 unspecified atom stereocenters. The Morgan fingerprint density at radius 1 is 0.828 bits per heavy atom. The van der Waals surface area contributed by atoms with Gasteiger partial charge in [0.25, 0.3) is 0 Å². The summed E-state index contributed by atoms with van der Waals surface area (Å²) in [5.41, 5.74) is -1.46. The molecule has 0 spiro atoms. The predicted molar refractivity (Wildman–Crippen MR) is 116 cm³/mol. The molecule has 0 aromatic heterocycles. The van der Waals surface area contributed by atoms with Gasteiger partial charge < -0.3 is 15.1 Å². The first kappa shape index (κ1) is 27.4. The van der Waals surface area contributed by atoms with Crippen molar-refractivity contribution in [1.82, 2.24) is 4.90 Å². The van der Waals surface area contributed by atoms with Crippen molar-refractivity contribution in [3.05, 3.63) is 0 Å². The third-order valence-electron chi connectivity index (χ3n) is 6.09. The van der Waals surface area contributed by atoms with E-state index in [4.69, 9.17) is 0 Å². The first-order chi connectivity index (χ1) is 13.8. The van der Waals surface area contributed by atoms with Crippen molar-refractivity contribution in [2.45, 2.75) is 117 Å². The SMILES string of the molecule is CCCCCCCCCCCC(=O)N(CC)[C@](CC)(C(=O)O)C(CC)CC(=O)O. The third-order valence-corrected chi connectivity index (χ3v) is 6.09. The van der Waals surface area contributed by atoms with E-state index in [2.05, 4.69) is 6.92 Å². The quantitative estimate of drug-likeness (QED) is 0.290. The van der Waals surface area contributed by atoms with Crippen LogP contribution in [0, 0.1) is 5.92 Å². The summed E-state index contributed by atoms with van der Waals surface area (Å²) in [6, 6.07) is 0. The second-order valence-electron chi connectivity index (χ2n) is 8.00. The number of rotatable bonds is 18. The van der Waals surface area contributed by atoms with Gasteiger partial charge in [0.2, 0.25) is 5.91 Å². The van der Waals surface area contributed by atoms with Crippen LogP contribution >= 0.6 is 0 Å². The molecule has 0 heterocycles. The number of nitrogens with zero attached hydrogens (tertiary/aromatic N) is 1. The minimum absolute atomic E-state index is 0.177. The zero-order valence-corrected chi connectivity index (χ0v) is 19.0. The summed E-state index contributed by atoms with van der Waals surface area (Å²) >= 11 is 0. The van der Waals surface area contributed by atoms with Gasteiger partial charge in [0, 0.05) is 18.9 Å². The minimum atomic E-state index is -1.46. The molecule has 0 aliphatic carbocycles. The van der Waals surface area contributed by atoms with Crippen molar-refractivity contribution in [3.63, 3.8) is 0 Å². The van der Waals surface area contributed by atoms with E-state index in [1.807, 2.05) is 0 Å². The zero-order valence-electron chi connectivity index (χ0n) is 19.0. The van der Waals surface area contributed by atoms with E-state index in [9.17, 15) is 24.6 Å². The van der Waals surface area contributed by atoms with Crippen molar-refractivity contribution < 1.29 is 24.6 Å². The van der Waals surface area contributed by atoms with Crippen LogP contribution in [-0.4, -0.2) is 45.0 Å². The lowest BCUT2D eigenvalue weighted by molar-refractivity contribution is -0.166. The molecular formula is C23H43NO5. The topological polar surface area (TPSA) is 94.9 Å². The molecule has 0 aliphatic heterocycles. The number of hydrogen-bond acceptors (Lipinski definition) is 3. The Bertz CT molecular complexity index is 494. The number of carboxylic acids is 2. The van der Waals surface area contributed by atoms with Crippen molar-refractivity contribution in [2.24, 2.45) is 5.92 Å². The predicted octanol–water partition coefficient (Wildman–Crippen LogP) is 5.49. The monoisotopic (exact) mass is 413 g/mol. The van der Waals surface area contributed by atoms with Gasteiger partial charge in [0.15, 0.2) is 0 Å². The van der Waals surface area contributed by atoms with E-state index >= 15 is 0 Å². The normalized spacial score (nSPS) is 14.2. The molecule has 6 heteroatoms. The molecule has 0 rings (SSSR count). The fourth-order valence-corrected chi connectivity index (χ4v) is 4.41. The first-order valence-electron chi connectivity index (χ1n) is 11.6. The summed E-state index contributed by atoms with van der Waals surface area (Å²) in [6.45, 7) is 7.77. The van der Waals surface area contributed by atoms with E-state index in [1.54, 1.807) is 20.8 Å². The third kappa shape index (κ3) is 8.75. The maximum atomic E-state index is 12.9. The van der Waals surface area contributed by atoms with E-state index in [-0.39, 0.29) is 25.3 Å². The molecule has 6 nitrogen and oxygen atoms in total. The van der Waals surface area contributed by atoms with Gasteiger partial charge in [-0.1, -0.05) is 72.1 Å². The van der Waals surface area contributed by atoms with E-state index in [0.29, 0.717) is 12.8 Å². The van der Waals surface area contributed by atoms with Crippen molar-refractivity contribution in [2.75, 3.05) is 6.54 Å². The summed E-state index contributed by atoms with van der Waals surface area (Å²) in [5, 5.41) is 19.3. The van der Waals surface area contributed by atoms with Gasteiger partial charge in [0.05, 0.1) is 6.42 Å². The molecule has 0 aromatic rings. The first-order valence-corrected chi connectivity index (χ1v) is 11.6. The van der Waals surface area contributed by atoms with E-state index < -0.39 is 23.4 Å². The lowest BCUT2D eigenvalue weighted by atomic mass is 9.76. The Balaban J connectivity index is 4.87. The molecule has 1 amide bonds. The largest absolute Gasteiger partial charge is 0.481 e. The van der Waals surface area contributed by atoms with Crippen molar-refractivity contribution in [1.29, 1.82) is 0 Å². The smallest absolute Gasteiger partial charge is 0.329 e. The van der Waals surface area contributed by atoms with E-state index in [1.165, 1.54) is 43.4 Å². The second kappa shape index (κ2) is 15.3. The Kier molecular flexibility index (Phi) is 14.4. The Morgan fingerprint density at radius 2 is 1.34 bits per heavy atom. The zero-order chi connectivity index (χ0) is 22.3. The molecule has 0 aromatic carbocycles. The lowest BCUT2D eigenvalue weighted by Gasteiger charge is -2.44. The minimum Gasteiger partial charge on any atom is -0.481 e. The molecule has 29 heavy (non-hydrogen) atoms. The van der Waals surface area contributed by atoms with Crippen LogP contribution < -0.4 is 0 Å². The van der Waals surface area contributed by atoms with Gasteiger partial charge in [-0.25, -0.2) is 4.79 Å². The number of hydrogen-bond donors (Lipinski definition) is 2. The number of carbonyl (C=O) groups excluding carboxylic acids is 1. The van der Waals surface area contributed by atoms with Crippen LogP contribution in [0.15, 0.2) is 0 Å². The Labute approximate surface area is 177 Å². The highest BCUT2D eigenvalue weighted by Crippen LogP contribution is 2.35.